The second kappa shape index (κ2) is 8.50. The van der Waals surface area contributed by atoms with E-state index in [1.165, 1.54) is 28.7 Å². The Bertz CT molecular complexity index is 1490. The summed E-state index contributed by atoms with van der Waals surface area (Å²) in [7, 11) is 1.49. The van der Waals surface area contributed by atoms with E-state index in [1.54, 1.807) is 18.5 Å². The van der Waals surface area contributed by atoms with E-state index in [4.69, 9.17) is 0 Å². The zero-order valence-corrected chi connectivity index (χ0v) is 18.6. The van der Waals surface area contributed by atoms with Crippen LogP contribution >= 0.6 is 0 Å². The molecule has 13 nitrogen and oxygen atoms in total. The Morgan fingerprint density at radius 2 is 2.00 bits per heavy atom. The second-order valence-corrected chi connectivity index (χ2v) is 8.13. The van der Waals surface area contributed by atoms with Crippen LogP contribution in [0, 0.1) is 0 Å². The number of carbonyl (C=O) groups is 1. The number of nitrogens with zero attached hydrogens (tertiary/aromatic N) is 8. The largest absolute Gasteiger partial charge is 0.338 e. The Hall–Kier alpha value is -4.42. The van der Waals surface area contributed by atoms with Crippen LogP contribution in [0.3, 0.4) is 0 Å². The molecule has 4 aromatic rings. The number of fused-ring (bicyclic) bond motifs is 1. The molecule has 34 heavy (non-hydrogen) atoms. The van der Waals surface area contributed by atoms with E-state index in [-0.39, 0.29) is 23.5 Å². The molecule has 1 fully saturated rings. The molecular formula is C21H22N10O3. The molecule has 5 heterocycles. The maximum absolute atomic E-state index is 12.6. The monoisotopic (exact) mass is 462 g/mol. The van der Waals surface area contributed by atoms with Crippen molar-refractivity contribution in [3.05, 3.63) is 51.8 Å². The average molecular weight is 462 g/mol. The number of anilines is 2. The van der Waals surface area contributed by atoms with E-state index >= 15 is 0 Å². The van der Waals surface area contributed by atoms with Crippen molar-refractivity contribution < 1.29 is 4.79 Å². The second-order valence-electron chi connectivity index (χ2n) is 8.13. The zero-order chi connectivity index (χ0) is 23.8. The van der Waals surface area contributed by atoms with Crippen molar-refractivity contribution >= 4 is 28.8 Å². The molecule has 0 aromatic carbocycles. The fraction of sp³-hybridized carbons (Fsp3) is 0.333. The van der Waals surface area contributed by atoms with Crippen molar-refractivity contribution in [3.63, 3.8) is 0 Å². The fourth-order valence-electron chi connectivity index (χ4n) is 4.03. The van der Waals surface area contributed by atoms with Crippen molar-refractivity contribution in [1.29, 1.82) is 0 Å². The number of H-pyrrole nitrogens is 1. The zero-order valence-electron chi connectivity index (χ0n) is 18.6. The lowest BCUT2D eigenvalue weighted by Crippen LogP contribution is -2.30. The molecule has 174 valence electrons. The summed E-state index contributed by atoms with van der Waals surface area (Å²) >= 11 is 0. The van der Waals surface area contributed by atoms with E-state index in [1.807, 2.05) is 0 Å². The molecule has 1 atom stereocenters. The van der Waals surface area contributed by atoms with Gasteiger partial charge in [0.15, 0.2) is 17.0 Å². The first-order valence-corrected chi connectivity index (χ1v) is 10.8. The van der Waals surface area contributed by atoms with Crippen molar-refractivity contribution in [1.82, 2.24) is 39.0 Å². The molecule has 1 aliphatic heterocycles. The first-order chi connectivity index (χ1) is 16.4. The predicted octanol–water partition coefficient (Wildman–Crippen LogP) is 0.298. The van der Waals surface area contributed by atoms with E-state index in [0.29, 0.717) is 23.4 Å². The summed E-state index contributed by atoms with van der Waals surface area (Å²) in [5, 5.41) is 2.69. The van der Waals surface area contributed by atoms with Gasteiger partial charge in [-0.15, -0.1) is 0 Å². The number of aromatic amines is 1. The number of rotatable bonds is 5. The van der Waals surface area contributed by atoms with Crippen LogP contribution in [-0.4, -0.2) is 57.5 Å². The standard InChI is InChI=1S/C21H22N10O3/c1-12-4-3-7-31(12)20-23-8-13(9-24-20)17-22-6-5-14(27-17)26-15(32)10-30-11-25-18-16(30)19(33)28-21(34)29(18)2/h5-6,8-9,11-12H,3-4,7,10H2,1-2H3,(H,28,33,34)(H,22,26,27,32)/t12-/m0/s1. The van der Waals surface area contributed by atoms with Crippen LogP contribution in [0.25, 0.3) is 22.6 Å². The summed E-state index contributed by atoms with van der Waals surface area (Å²) in [6, 6.07) is 1.97. The van der Waals surface area contributed by atoms with Gasteiger partial charge in [-0.3, -0.25) is 19.1 Å². The third-order valence-electron chi connectivity index (χ3n) is 5.82. The van der Waals surface area contributed by atoms with E-state index in [2.05, 4.69) is 47.0 Å². The molecule has 1 aliphatic rings. The topological polar surface area (TPSA) is 157 Å². The van der Waals surface area contributed by atoms with Crippen LogP contribution in [0.2, 0.25) is 0 Å². The van der Waals surface area contributed by atoms with Gasteiger partial charge in [-0.2, -0.15) is 0 Å². The molecule has 0 bridgehead atoms. The first kappa shape index (κ1) is 21.4. The minimum absolute atomic E-state index is 0.130. The Labute approximate surface area is 192 Å². The number of aryl methyl sites for hydroxylation is 1. The third-order valence-corrected chi connectivity index (χ3v) is 5.82. The lowest BCUT2D eigenvalue weighted by molar-refractivity contribution is -0.116. The van der Waals surface area contributed by atoms with Crippen LogP contribution in [0.15, 0.2) is 40.6 Å². The number of imidazole rings is 1. The van der Waals surface area contributed by atoms with Gasteiger partial charge in [0.2, 0.25) is 11.9 Å². The minimum Gasteiger partial charge on any atom is -0.338 e. The van der Waals surface area contributed by atoms with Crippen molar-refractivity contribution in [2.75, 3.05) is 16.8 Å². The number of hydrogen-bond acceptors (Lipinski definition) is 9. The molecule has 0 radical (unpaired) electrons. The number of aromatic nitrogens is 8. The minimum atomic E-state index is -0.612. The Morgan fingerprint density at radius 1 is 1.21 bits per heavy atom. The maximum atomic E-state index is 12.6. The maximum Gasteiger partial charge on any atom is 0.329 e. The highest BCUT2D eigenvalue weighted by Crippen LogP contribution is 2.23. The average Bonchev–Trinajstić information content (AvgIpc) is 3.44. The fourth-order valence-corrected chi connectivity index (χ4v) is 4.03. The van der Waals surface area contributed by atoms with Gasteiger partial charge in [0.05, 0.1) is 11.9 Å². The highest BCUT2D eigenvalue weighted by molar-refractivity contribution is 5.90. The van der Waals surface area contributed by atoms with Gasteiger partial charge in [0, 0.05) is 38.2 Å². The SMILES string of the molecule is C[C@H]1CCCN1c1ncc(-c2nccc(NC(=O)Cn3cnc4c3c(=O)[nH]c(=O)n4C)n2)cn1. The molecule has 0 unspecified atom stereocenters. The third kappa shape index (κ3) is 3.91. The van der Waals surface area contributed by atoms with Crippen molar-refractivity contribution in [2.45, 2.75) is 32.4 Å². The highest BCUT2D eigenvalue weighted by atomic mass is 16.2. The summed E-state index contributed by atoms with van der Waals surface area (Å²) in [6.45, 7) is 2.90. The van der Waals surface area contributed by atoms with Crippen LogP contribution in [0.1, 0.15) is 19.8 Å². The summed E-state index contributed by atoms with van der Waals surface area (Å²) < 4.78 is 2.58. The summed E-state index contributed by atoms with van der Waals surface area (Å²) in [5.74, 6) is 0.918. The Balaban J connectivity index is 1.32. The van der Waals surface area contributed by atoms with Crippen LogP contribution < -0.4 is 21.5 Å². The highest BCUT2D eigenvalue weighted by Gasteiger charge is 2.22. The lowest BCUT2D eigenvalue weighted by atomic mass is 10.2. The molecule has 1 amide bonds. The molecular weight excluding hydrogens is 440 g/mol. The molecule has 4 aromatic heterocycles. The molecule has 0 aliphatic carbocycles. The smallest absolute Gasteiger partial charge is 0.329 e. The van der Waals surface area contributed by atoms with Gasteiger partial charge in [0.1, 0.15) is 12.4 Å². The van der Waals surface area contributed by atoms with E-state index in [9.17, 15) is 14.4 Å². The number of nitrogens with one attached hydrogen (secondary N) is 2. The molecule has 2 N–H and O–H groups in total. The van der Waals surface area contributed by atoms with Crippen LogP contribution in [-0.2, 0) is 18.4 Å². The molecule has 0 spiro atoms. The summed E-state index contributed by atoms with van der Waals surface area (Å²) in [6.07, 6.45) is 8.45. The van der Waals surface area contributed by atoms with Crippen molar-refractivity contribution in [2.24, 2.45) is 7.05 Å². The molecule has 13 heteroatoms. The number of carbonyl (C=O) groups excluding carboxylic acids is 1. The van der Waals surface area contributed by atoms with E-state index in [0.717, 1.165) is 19.4 Å². The van der Waals surface area contributed by atoms with E-state index < -0.39 is 17.2 Å². The molecule has 5 rings (SSSR count). The van der Waals surface area contributed by atoms with Gasteiger partial charge in [0.25, 0.3) is 5.56 Å². The van der Waals surface area contributed by atoms with Gasteiger partial charge >= 0.3 is 5.69 Å². The van der Waals surface area contributed by atoms with Gasteiger partial charge in [-0.05, 0) is 25.8 Å². The summed E-state index contributed by atoms with van der Waals surface area (Å²) in [5.41, 5.74) is -0.241. The predicted molar refractivity (Wildman–Crippen MR) is 123 cm³/mol. The lowest BCUT2D eigenvalue weighted by Gasteiger charge is -2.20. The van der Waals surface area contributed by atoms with Gasteiger partial charge in [-0.25, -0.2) is 29.7 Å². The number of amides is 1. The van der Waals surface area contributed by atoms with Crippen LogP contribution in [0.4, 0.5) is 11.8 Å². The van der Waals surface area contributed by atoms with Crippen molar-refractivity contribution in [3.8, 4) is 11.4 Å². The quantitative estimate of drug-likeness (QED) is 0.426. The van der Waals surface area contributed by atoms with Gasteiger partial charge in [-0.1, -0.05) is 0 Å². The molecule has 1 saturated heterocycles. The van der Waals surface area contributed by atoms with Crippen LogP contribution in [0.5, 0.6) is 0 Å². The number of hydrogen-bond donors (Lipinski definition) is 2. The summed E-state index contributed by atoms with van der Waals surface area (Å²) in [4.78, 5) is 62.6. The first-order valence-electron chi connectivity index (χ1n) is 10.8. The van der Waals surface area contributed by atoms with Gasteiger partial charge < -0.3 is 14.8 Å². The Morgan fingerprint density at radius 3 is 2.74 bits per heavy atom. The molecule has 0 saturated carbocycles. The Kier molecular flexibility index (Phi) is 5.36. The normalized spacial score (nSPS) is 15.7.